The van der Waals surface area contributed by atoms with Crippen LogP contribution in [0.25, 0.3) is 0 Å². The van der Waals surface area contributed by atoms with E-state index in [0.717, 1.165) is 19.3 Å². The molecule has 0 spiro atoms. The number of esters is 1. The van der Waals surface area contributed by atoms with Crippen LogP contribution < -0.4 is 5.32 Å². The number of carbonyl (C=O) groups is 2. The number of nitrogens with one attached hydrogen (secondary N) is 1. The molecule has 0 aromatic heterocycles. The van der Waals surface area contributed by atoms with Gasteiger partial charge < -0.3 is 10.1 Å². The molecule has 1 aliphatic heterocycles. The Morgan fingerprint density at radius 2 is 2.17 bits per heavy atom. The molecule has 1 aliphatic carbocycles. The number of rotatable bonds is 6. The van der Waals surface area contributed by atoms with Gasteiger partial charge in [-0.25, -0.2) is 4.79 Å². The van der Waals surface area contributed by atoms with Gasteiger partial charge in [0.1, 0.15) is 11.8 Å². The second kappa shape index (κ2) is 8.32. The lowest BCUT2D eigenvalue weighted by Gasteiger charge is -2.17. The Labute approximate surface area is 137 Å². The minimum Gasteiger partial charge on any atom is -0.454 e. The summed E-state index contributed by atoms with van der Waals surface area (Å²) in [7, 11) is 0. The number of allylic oxidation sites excluding steroid dienone is 7. The van der Waals surface area contributed by atoms with Crippen molar-refractivity contribution in [3.63, 3.8) is 0 Å². The predicted molar refractivity (Wildman–Crippen MR) is 90.3 cm³/mol. The third-order valence-corrected chi connectivity index (χ3v) is 3.69. The highest BCUT2D eigenvalue weighted by molar-refractivity contribution is 6.05. The van der Waals surface area contributed by atoms with Gasteiger partial charge >= 0.3 is 5.97 Å². The Morgan fingerprint density at radius 1 is 1.35 bits per heavy atom. The summed E-state index contributed by atoms with van der Waals surface area (Å²) in [5.41, 5.74) is 1.04. The Morgan fingerprint density at radius 3 is 2.87 bits per heavy atom. The second-order valence-electron chi connectivity index (χ2n) is 5.65. The number of hydrogen-bond donors (Lipinski definition) is 1. The Kier molecular flexibility index (Phi) is 6.15. The normalized spacial score (nSPS) is 26.3. The van der Waals surface area contributed by atoms with Crippen molar-refractivity contribution < 1.29 is 14.3 Å². The van der Waals surface area contributed by atoms with E-state index < -0.39 is 0 Å². The van der Waals surface area contributed by atoms with Crippen molar-refractivity contribution >= 4 is 11.8 Å². The highest BCUT2D eigenvalue weighted by atomic mass is 16.5. The Hall–Kier alpha value is -2.36. The summed E-state index contributed by atoms with van der Waals surface area (Å²) >= 11 is 0. The van der Waals surface area contributed by atoms with Crippen LogP contribution in [-0.4, -0.2) is 17.9 Å². The molecule has 0 radical (unpaired) electrons. The fourth-order valence-electron chi connectivity index (χ4n) is 2.46. The largest absolute Gasteiger partial charge is 0.454 e. The van der Waals surface area contributed by atoms with Crippen molar-refractivity contribution in [2.45, 2.75) is 39.2 Å². The average molecular weight is 313 g/mol. The van der Waals surface area contributed by atoms with E-state index in [1.807, 2.05) is 24.3 Å². The fourth-order valence-corrected chi connectivity index (χ4v) is 2.46. The van der Waals surface area contributed by atoms with Gasteiger partial charge in [0, 0.05) is 17.7 Å². The number of ether oxygens (including phenoxy) is 1. The van der Waals surface area contributed by atoms with E-state index in [-0.39, 0.29) is 23.8 Å². The number of hydrogen-bond acceptors (Lipinski definition) is 4. The standard InChI is InChI=1S/C19H23NO3/c1-3-4-5-6-7-9-15-10-8-11-18(21)16(15)13-20-17-12-14(2)23-19(17)22/h5-9,11-15,20H,3-4,10H2,1-2H3/b6-5+,9-7+,16-13?/t14-,15-/m1/s1. The zero-order valence-corrected chi connectivity index (χ0v) is 13.6. The van der Waals surface area contributed by atoms with Gasteiger partial charge in [-0.2, -0.15) is 0 Å². The van der Waals surface area contributed by atoms with Crippen LogP contribution in [0.4, 0.5) is 0 Å². The molecule has 0 amide bonds. The van der Waals surface area contributed by atoms with Gasteiger partial charge in [-0.3, -0.25) is 4.79 Å². The average Bonchev–Trinajstić information content (AvgIpc) is 2.84. The minimum atomic E-state index is -0.386. The smallest absolute Gasteiger partial charge is 0.355 e. The monoisotopic (exact) mass is 313 g/mol. The van der Waals surface area contributed by atoms with Gasteiger partial charge in [0.25, 0.3) is 0 Å². The number of cyclic esters (lactones) is 1. The van der Waals surface area contributed by atoms with Crippen LogP contribution >= 0.6 is 0 Å². The zero-order chi connectivity index (χ0) is 16.7. The summed E-state index contributed by atoms with van der Waals surface area (Å²) in [5, 5.41) is 2.92. The minimum absolute atomic E-state index is 0.0155. The first-order chi connectivity index (χ1) is 11.1. The second-order valence-corrected chi connectivity index (χ2v) is 5.65. The number of ketones is 1. The zero-order valence-electron chi connectivity index (χ0n) is 13.6. The Bertz CT molecular complexity index is 608. The van der Waals surface area contributed by atoms with Crippen LogP contribution in [0.5, 0.6) is 0 Å². The topological polar surface area (TPSA) is 55.4 Å². The summed E-state index contributed by atoms with van der Waals surface area (Å²) in [5.74, 6) is -0.402. The molecule has 2 aliphatic rings. The van der Waals surface area contributed by atoms with E-state index in [2.05, 4.69) is 18.3 Å². The van der Waals surface area contributed by atoms with Crippen LogP contribution in [0.1, 0.15) is 33.1 Å². The van der Waals surface area contributed by atoms with Crippen LogP contribution in [0, 0.1) is 5.92 Å². The molecule has 0 saturated carbocycles. The van der Waals surface area contributed by atoms with Gasteiger partial charge in [-0.1, -0.05) is 43.7 Å². The van der Waals surface area contributed by atoms with Crippen molar-refractivity contribution in [3.05, 3.63) is 60.0 Å². The van der Waals surface area contributed by atoms with Crippen molar-refractivity contribution in [3.8, 4) is 0 Å². The molecular weight excluding hydrogens is 290 g/mol. The molecule has 23 heavy (non-hydrogen) atoms. The van der Waals surface area contributed by atoms with Gasteiger partial charge in [0.05, 0.1) is 0 Å². The van der Waals surface area contributed by atoms with E-state index in [4.69, 9.17) is 4.74 Å². The molecule has 0 unspecified atom stereocenters. The maximum absolute atomic E-state index is 12.1. The maximum Gasteiger partial charge on any atom is 0.355 e. The SMILES string of the molecule is CCC/C=C/C=C/[C@@H]1CC=CC(=O)C1=CNC1=C[C@@H](C)OC1=O. The van der Waals surface area contributed by atoms with E-state index in [1.54, 1.807) is 25.3 Å². The summed E-state index contributed by atoms with van der Waals surface area (Å²) < 4.78 is 5.02. The molecule has 0 saturated heterocycles. The van der Waals surface area contributed by atoms with Gasteiger partial charge in [0.15, 0.2) is 5.78 Å². The molecule has 4 nitrogen and oxygen atoms in total. The summed E-state index contributed by atoms with van der Waals surface area (Å²) in [6, 6.07) is 0. The van der Waals surface area contributed by atoms with Crippen LogP contribution in [0.15, 0.2) is 60.0 Å². The predicted octanol–water partition coefficient (Wildman–Crippen LogP) is 3.35. The molecule has 0 aromatic rings. The van der Waals surface area contributed by atoms with Crippen LogP contribution in [0.2, 0.25) is 0 Å². The summed E-state index contributed by atoms with van der Waals surface area (Å²) in [6.07, 6.45) is 17.6. The summed E-state index contributed by atoms with van der Waals surface area (Å²) in [6.45, 7) is 3.93. The van der Waals surface area contributed by atoms with Crippen molar-refractivity contribution in [1.29, 1.82) is 0 Å². The van der Waals surface area contributed by atoms with E-state index >= 15 is 0 Å². The van der Waals surface area contributed by atoms with Gasteiger partial charge in [-0.05, 0) is 31.9 Å². The van der Waals surface area contributed by atoms with Crippen LogP contribution in [-0.2, 0) is 14.3 Å². The lowest BCUT2D eigenvalue weighted by Crippen LogP contribution is -2.19. The highest BCUT2D eigenvalue weighted by Gasteiger charge is 2.23. The van der Waals surface area contributed by atoms with Gasteiger partial charge in [0.2, 0.25) is 0 Å². The molecule has 1 heterocycles. The van der Waals surface area contributed by atoms with Crippen molar-refractivity contribution in [2.24, 2.45) is 5.92 Å². The third-order valence-electron chi connectivity index (χ3n) is 3.69. The highest BCUT2D eigenvalue weighted by Crippen LogP contribution is 2.23. The van der Waals surface area contributed by atoms with Crippen LogP contribution in [0.3, 0.4) is 0 Å². The first-order valence-corrected chi connectivity index (χ1v) is 8.05. The summed E-state index contributed by atoms with van der Waals surface area (Å²) in [4.78, 5) is 23.7. The molecule has 0 fully saturated rings. The van der Waals surface area contributed by atoms with E-state index in [1.165, 1.54) is 0 Å². The maximum atomic E-state index is 12.1. The molecule has 1 N–H and O–H groups in total. The molecule has 122 valence electrons. The number of unbranched alkanes of at least 4 members (excludes halogenated alkanes) is 1. The van der Waals surface area contributed by atoms with E-state index in [0.29, 0.717) is 11.3 Å². The number of carbonyl (C=O) groups excluding carboxylic acids is 2. The Balaban J connectivity index is 2.07. The quantitative estimate of drug-likeness (QED) is 0.464. The molecular formula is C19H23NO3. The molecule has 0 aromatic carbocycles. The molecule has 0 bridgehead atoms. The first kappa shape index (κ1) is 17.0. The van der Waals surface area contributed by atoms with E-state index in [9.17, 15) is 9.59 Å². The third kappa shape index (κ3) is 4.81. The molecule has 2 rings (SSSR count). The van der Waals surface area contributed by atoms with Crippen molar-refractivity contribution in [1.82, 2.24) is 5.32 Å². The van der Waals surface area contributed by atoms with Crippen molar-refractivity contribution in [2.75, 3.05) is 0 Å². The molecule has 4 heteroatoms. The van der Waals surface area contributed by atoms with Gasteiger partial charge in [-0.15, -0.1) is 0 Å². The molecule has 2 atom stereocenters. The fraction of sp³-hybridized carbons (Fsp3) is 0.368. The lowest BCUT2D eigenvalue weighted by atomic mass is 9.88. The lowest BCUT2D eigenvalue weighted by molar-refractivity contribution is -0.139. The first-order valence-electron chi connectivity index (χ1n) is 8.05.